The molecule has 1 amide bonds. The zero-order valence-electron chi connectivity index (χ0n) is 9.69. The lowest BCUT2D eigenvalue weighted by Gasteiger charge is -2.15. The maximum absolute atomic E-state index is 13.2. The van der Waals surface area contributed by atoms with Crippen LogP contribution in [0.25, 0.3) is 0 Å². The number of halogens is 1. The molecule has 7 nitrogen and oxygen atoms in total. The molecule has 2 rings (SSSR count). The van der Waals surface area contributed by atoms with Gasteiger partial charge in [-0.15, -0.1) is 0 Å². The van der Waals surface area contributed by atoms with Crippen LogP contribution >= 0.6 is 0 Å². The highest BCUT2D eigenvalue weighted by molar-refractivity contribution is 5.95. The summed E-state index contributed by atoms with van der Waals surface area (Å²) < 4.78 is 13.2. The number of non-ortho nitro benzene ring substituents is 1. The van der Waals surface area contributed by atoms with Crippen molar-refractivity contribution in [3.63, 3.8) is 0 Å². The highest BCUT2D eigenvalue weighted by atomic mass is 19.1. The van der Waals surface area contributed by atoms with E-state index in [0.29, 0.717) is 6.07 Å². The van der Waals surface area contributed by atoms with Crippen LogP contribution in [0.4, 0.5) is 10.1 Å². The number of carbonyl (C=O) groups excluding carboxylic acids is 1. The van der Waals surface area contributed by atoms with Crippen molar-refractivity contribution in [2.75, 3.05) is 13.1 Å². The number of hydrogen-bond acceptors (Lipinski definition) is 5. The Bertz CT molecular complexity index is 526. The van der Waals surface area contributed by atoms with E-state index in [-0.39, 0.29) is 18.7 Å². The molecule has 1 aliphatic rings. The molecule has 19 heavy (non-hydrogen) atoms. The smallest absolute Gasteiger partial charge is 0.273 e. The fourth-order valence-corrected chi connectivity index (χ4v) is 1.92. The van der Waals surface area contributed by atoms with E-state index in [9.17, 15) is 29.5 Å². The lowest BCUT2D eigenvalue weighted by Crippen LogP contribution is -2.29. The van der Waals surface area contributed by atoms with Crippen LogP contribution in [0, 0.1) is 15.9 Å². The quantitative estimate of drug-likeness (QED) is 0.577. The first kappa shape index (κ1) is 13.4. The summed E-state index contributed by atoms with van der Waals surface area (Å²) in [6.07, 6.45) is -2.13. The third-order valence-electron chi connectivity index (χ3n) is 2.89. The number of aliphatic hydroxyl groups is 2. The molecule has 1 aromatic rings. The molecule has 8 heteroatoms. The first-order valence-electron chi connectivity index (χ1n) is 5.49. The van der Waals surface area contributed by atoms with Gasteiger partial charge in [-0.3, -0.25) is 14.9 Å². The van der Waals surface area contributed by atoms with E-state index in [4.69, 9.17) is 0 Å². The Kier molecular flexibility index (Phi) is 3.45. The third kappa shape index (κ3) is 2.69. The zero-order valence-corrected chi connectivity index (χ0v) is 9.69. The van der Waals surface area contributed by atoms with Crippen LogP contribution < -0.4 is 0 Å². The van der Waals surface area contributed by atoms with Gasteiger partial charge >= 0.3 is 0 Å². The van der Waals surface area contributed by atoms with Crippen molar-refractivity contribution in [1.82, 2.24) is 4.90 Å². The van der Waals surface area contributed by atoms with Gasteiger partial charge in [-0.05, 0) is 6.07 Å². The lowest BCUT2D eigenvalue weighted by atomic mass is 10.1. The van der Waals surface area contributed by atoms with Gasteiger partial charge in [0.15, 0.2) is 0 Å². The van der Waals surface area contributed by atoms with Crippen molar-refractivity contribution >= 4 is 11.6 Å². The van der Waals surface area contributed by atoms with E-state index in [1.165, 1.54) is 0 Å². The predicted octanol–water partition coefficient (Wildman–Crippen LogP) is -0.0885. The van der Waals surface area contributed by atoms with Crippen molar-refractivity contribution in [3.05, 3.63) is 39.7 Å². The van der Waals surface area contributed by atoms with Crippen molar-refractivity contribution in [2.24, 2.45) is 0 Å². The van der Waals surface area contributed by atoms with Gasteiger partial charge in [-0.25, -0.2) is 4.39 Å². The average Bonchev–Trinajstić information content (AvgIpc) is 2.68. The van der Waals surface area contributed by atoms with Gasteiger partial charge in [0.1, 0.15) is 5.82 Å². The Balaban J connectivity index is 2.27. The van der Waals surface area contributed by atoms with Crippen LogP contribution in [0.15, 0.2) is 18.2 Å². The van der Waals surface area contributed by atoms with Crippen LogP contribution in [0.2, 0.25) is 0 Å². The summed E-state index contributed by atoms with van der Waals surface area (Å²) in [5.41, 5.74) is -0.711. The zero-order chi connectivity index (χ0) is 14.2. The molecule has 1 saturated heterocycles. The van der Waals surface area contributed by atoms with Crippen LogP contribution in [0.3, 0.4) is 0 Å². The summed E-state index contributed by atoms with van der Waals surface area (Å²) in [5, 5.41) is 29.3. The van der Waals surface area contributed by atoms with Gasteiger partial charge in [0.2, 0.25) is 0 Å². The minimum atomic E-state index is -1.06. The number of nitro groups is 1. The van der Waals surface area contributed by atoms with Crippen molar-refractivity contribution in [3.8, 4) is 0 Å². The maximum atomic E-state index is 13.2. The number of amides is 1. The molecule has 1 aliphatic heterocycles. The second-order valence-electron chi connectivity index (χ2n) is 4.30. The number of rotatable bonds is 2. The largest absolute Gasteiger partial charge is 0.388 e. The summed E-state index contributed by atoms with van der Waals surface area (Å²) in [5.74, 6) is -1.56. The molecule has 0 aromatic heterocycles. The minimum Gasteiger partial charge on any atom is -0.388 e. The predicted molar refractivity (Wildman–Crippen MR) is 61.0 cm³/mol. The monoisotopic (exact) mass is 270 g/mol. The Labute approximate surface area is 107 Å². The number of benzene rings is 1. The van der Waals surface area contributed by atoms with Crippen LogP contribution in [0.1, 0.15) is 10.4 Å². The fourth-order valence-electron chi connectivity index (χ4n) is 1.92. The van der Waals surface area contributed by atoms with E-state index in [2.05, 4.69) is 0 Å². The topological polar surface area (TPSA) is 104 Å². The number of nitrogens with zero attached hydrogens (tertiary/aromatic N) is 2. The number of β-amino-alcohol motifs (C(OH)–C–C–N with tert-alkyl or cyclic N) is 2. The average molecular weight is 270 g/mol. The number of aliphatic hydroxyl groups excluding tert-OH is 2. The first-order chi connectivity index (χ1) is 8.88. The molecule has 2 N–H and O–H groups in total. The molecule has 0 spiro atoms. The van der Waals surface area contributed by atoms with Gasteiger partial charge in [0.05, 0.1) is 23.2 Å². The molecule has 0 radical (unpaired) electrons. The van der Waals surface area contributed by atoms with Crippen molar-refractivity contribution in [2.45, 2.75) is 12.2 Å². The summed E-state index contributed by atoms with van der Waals surface area (Å²) in [7, 11) is 0. The van der Waals surface area contributed by atoms with Crippen LogP contribution in [-0.4, -0.2) is 51.2 Å². The Morgan fingerprint density at radius 3 is 2.42 bits per heavy atom. The summed E-state index contributed by atoms with van der Waals surface area (Å²) in [6.45, 7) is -0.186. The summed E-state index contributed by atoms with van der Waals surface area (Å²) in [4.78, 5) is 22.9. The van der Waals surface area contributed by atoms with Gasteiger partial charge < -0.3 is 15.1 Å². The van der Waals surface area contributed by atoms with E-state index in [1.807, 2.05) is 0 Å². The van der Waals surface area contributed by atoms with E-state index < -0.39 is 34.5 Å². The van der Waals surface area contributed by atoms with Gasteiger partial charge in [-0.1, -0.05) is 0 Å². The van der Waals surface area contributed by atoms with E-state index in [1.54, 1.807) is 0 Å². The Morgan fingerprint density at radius 1 is 1.32 bits per heavy atom. The first-order valence-corrected chi connectivity index (χ1v) is 5.49. The number of hydrogen-bond donors (Lipinski definition) is 2. The highest BCUT2D eigenvalue weighted by Gasteiger charge is 2.33. The highest BCUT2D eigenvalue weighted by Crippen LogP contribution is 2.20. The van der Waals surface area contributed by atoms with Gasteiger partial charge in [0.25, 0.3) is 11.6 Å². The van der Waals surface area contributed by atoms with Crippen LogP contribution in [-0.2, 0) is 0 Å². The van der Waals surface area contributed by atoms with Crippen LogP contribution in [0.5, 0.6) is 0 Å². The number of carbonyl (C=O) groups is 1. The SMILES string of the molecule is O=C(c1cc(F)cc([N+](=O)[O-])c1)N1CC(O)C(O)C1. The molecule has 1 heterocycles. The Hall–Kier alpha value is -2.06. The molecule has 1 fully saturated rings. The minimum absolute atomic E-state index is 0.0929. The van der Waals surface area contributed by atoms with Crippen molar-refractivity contribution < 1.29 is 24.3 Å². The van der Waals surface area contributed by atoms with Gasteiger partial charge in [-0.2, -0.15) is 0 Å². The lowest BCUT2D eigenvalue weighted by molar-refractivity contribution is -0.385. The second kappa shape index (κ2) is 4.90. The molecule has 2 atom stereocenters. The molecule has 0 saturated carbocycles. The molecule has 1 aromatic carbocycles. The number of likely N-dealkylation sites (tertiary alicyclic amines) is 1. The third-order valence-corrected chi connectivity index (χ3v) is 2.89. The van der Waals surface area contributed by atoms with E-state index >= 15 is 0 Å². The standard InChI is InChI=1S/C11H11FN2O5/c12-7-1-6(2-8(3-7)14(18)19)11(17)13-4-9(15)10(16)5-13/h1-3,9-10,15-16H,4-5H2. The Morgan fingerprint density at radius 2 is 1.89 bits per heavy atom. The van der Waals surface area contributed by atoms with E-state index in [0.717, 1.165) is 17.0 Å². The van der Waals surface area contributed by atoms with Gasteiger partial charge in [0, 0.05) is 24.7 Å². The molecule has 2 unspecified atom stereocenters. The maximum Gasteiger partial charge on any atom is 0.273 e. The molecular weight excluding hydrogens is 259 g/mol. The normalized spacial score (nSPS) is 22.6. The molecule has 0 bridgehead atoms. The fraction of sp³-hybridized carbons (Fsp3) is 0.364. The number of nitro benzene ring substituents is 1. The summed E-state index contributed by atoms with van der Waals surface area (Å²) in [6, 6.07) is 2.55. The molecule has 0 aliphatic carbocycles. The summed E-state index contributed by atoms with van der Waals surface area (Å²) >= 11 is 0. The van der Waals surface area contributed by atoms with Crippen molar-refractivity contribution in [1.29, 1.82) is 0 Å². The molecular formula is C11H11FN2O5. The second-order valence-corrected chi connectivity index (χ2v) is 4.30. The molecule has 102 valence electrons.